The first kappa shape index (κ1) is 14.1. The molecule has 1 aromatic rings. The fourth-order valence-corrected chi connectivity index (χ4v) is 1.99. The lowest BCUT2D eigenvalue weighted by atomic mass is 9.88. The SMILES string of the molecule is CC(C)CC(CN)C(O)c1c(F)cccc1F. The van der Waals surface area contributed by atoms with Crippen molar-refractivity contribution in [2.45, 2.75) is 26.4 Å². The number of nitrogens with two attached hydrogens (primary N) is 1. The molecule has 0 spiro atoms. The molecule has 2 nitrogen and oxygen atoms in total. The zero-order chi connectivity index (χ0) is 13.0. The highest BCUT2D eigenvalue weighted by Crippen LogP contribution is 2.30. The van der Waals surface area contributed by atoms with Gasteiger partial charge in [-0.3, -0.25) is 0 Å². The maximum atomic E-state index is 13.5. The van der Waals surface area contributed by atoms with Gasteiger partial charge in [0, 0.05) is 5.92 Å². The van der Waals surface area contributed by atoms with Gasteiger partial charge in [-0.05, 0) is 31.0 Å². The van der Waals surface area contributed by atoms with Gasteiger partial charge in [0.05, 0.1) is 11.7 Å². The first-order valence-electron chi connectivity index (χ1n) is 5.79. The van der Waals surface area contributed by atoms with Crippen molar-refractivity contribution in [3.05, 3.63) is 35.4 Å². The van der Waals surface area contributed by atoms with Gasteiger partial charge in [-0.25, -0.2) is 8.78 Å². The van der Waals surface area contributed by atoms with Crippen LogP contribution in [0.2, 0.25) is 0 Å². The summed E-state index contributed by atoms with van der Waals surface area (Å²) < 4.78 is 27.0. The van der Waals surface area contributed by atoms with E-state index in [1.807, 2.05) is 13.8 Å². The van der Waals surface area contributed by atoms with Crippen molar-refractivity contribution in [2.24, 2.45) is 17.6 Å². The summed E-state index contributed by atoms with van der Waals surface area (Å²) in [6.45, 7) is 4.16. The molecule has 1 rings (SSSR count). The predicted octanol–water partition coefficient (Wildman–Crippen LogP) is 2.62. The Kier molecular flexibility index (Phi) is 5.02. The summed E-state index contributed by atoms with van der Waals surface area (Å²) in [4.78, 5) is 0. The number of hydrogen-bond donors (Lipinski definition) is 2. The van der Waals surface area contributed by atoms with Crippen LogP contribution in [-0.2, 0) is 0 Å². The molecule has 0 aliphatic heterocycles. The highest BCUT2D eigenvalue weighted by molar-refractivity contribution is 5.22. The molecule has 17 heavy (non-hydrogen) atoms. The van der Waals surface area contributed by atoms with Gasteiger partial charge in [0.1, 0.15) is 11.6 Å². The lowest BCUT2D eigenvalue weighted by molar-refractivity contribution is 0.0922. The van der Waals surface area contributed by atoms with E-state index < -0.39 is 17.7 Å². The van der Waals surface area contributed by atoms with Crippen LogP contribution in [0.3, 0.4) is 0 Å². The van der Waals surface area contributed by atoms with Crippen molar-refractivity contribution >= 4 is 0 Å². The summed E-state index contributed by atoms with van der Waals surface area (Å²) in [5.74, 6) is -1.46. The standard InChI is InChI=1S/C13H19F2NO/c1-8(2)6-9(7-16)13(17)12-10(14)4-3-5-11(12)15/h3-5,8-9,13,17H,6-7,16H2,1-2H3. The predicted molar refractivity (Wildman–Crippen MR) is 63.3 cm³/mol. The number of rotatable bonds is 5. The highest BCUT2D eigenvalue weighted by atomic mass is 19.1. The van der Waals surface area contributed by atoms with Gasteiger partial charge in [0.15, 0.2) is 0 Å². The minimum absolute atomic E-state index is 0.202. The van der Waals surface area contributed by atoms with Gasteiger partial charge in [-0.15, -0.1) is 0 Å². The van der Waals surface area contributed by atoms with Crippen molar-refractivity contribution in [1.82, 2.24) is 0 Å². The smallest absolute Gasteiger partial charge is 0.131 e. The molecule has 0 heterocycles. The van der Waals surface area contributed by atoms with Gasteiger partial charge in [-0.2, -0.15) is 0 Å². The molecule has 2 atom stereocenters. The molecule has 0 saturated carbocycles. The highest BCUT2D eigenvalue weighted by Gasteiger charge is 2.25. The third-order valence-electron chi connectivity index (χ3n) is 2.82. The molecule has 0 aromatic heterocycles. The quantitative estimate of drug-likeness (QED) is 0.835. The Bertz CT molecular complexity index is 348. The average molecular weight is 243 g/mol. The van der Waals surface area contributed by atoms with Gasteiger partial charge in [-0.1, -0.05) is 19.9 Å². The van der Waals surface area contributed by atoms with E-state index in [1.54, 1.807) is 0 Å². The van der Waals surface area contributed by atoms with Crippen LogP contribution in [0.1, 0.15) is 31.9 Å². The molecule has 0 fully saturated rings. The number of aliphatic hydroxyl groups is 1. The van der Waals surface area contributed by atoms with Crippen LogP contribution in [0, 0.1) is 23.5 Å². The molecule has 0 bridgehead atoms. The van der Waals surface area contributed by atoms with Crippen molar-refractivity contribution in [3.63, 3.8) is 0 Å². The van der Waals surface area contributed by atoms with E-state index in [0.29, 0.717) is 12.3 Å². The fourth-order valence-electron chi connectivity index (χ4n) is 1.99. The van der Waals surface area contributed by atoms with E-state index >= 15 is 0 Å². The normalized spacial score (nSPS) is 15.0. The van der Waals surface area contributed by atoms with E-state index in [0.717, 1.165) is 12.1 Å². The van der Waals surface area contributed by atoms with E-state index in [-0.39, 0.29) is 18.0 Å². The Morgan fingerprint density at radius 3 is 2.18 bits per heavy atom. The number of hydrogen-bond acceptors (Lipinski definition) is 2. The minimum atomic E-state index is -1.19. The fraction of sp³-hybridized carbons (Fsp3) is 0.538. The van der Waals surface area contributed by atoms with E-state index in [9.17, 15) is 13.9 Å². The maximum absolute atomic E-state index is 13.5. The van der Waals surface area contributed by atoms with Gasteiger partial charge in [0.25, 0.3) is 0 Å². The Morgan fingerprint density at radius 1 is 1.24 bits per heavy atom. The third kappa shape index (κ3) is 3.48. The second-order valence-corrected chi connectivity index (χ2v) is 4.71. The first-order chi connectivity index (χ1) is 7.97. The molecule has 4 heteroatoms. The molecular weight excluding hydrogens is 224 g/mol. The van der Waals surface area contributed by atoms with Crippen molar-refractivity contribution in [3.8, 4) is 0 Å². The van der Waals surface area contributed by atoms with Crippen LogP contribution < -0.4 is 5.73 Å². The van der Waals surface area contributed by atoms with Crippen molar-refractivity contribution < 1.29 is 13.9 Å². The molecule has 96 valence electrons. The summed E-state index contributed by atoms with van der Waals surface area (Å²) in [6.07, 6.45) is -0.561. The summed E-state index contributed by atoms with van der Waals surface area (Å²) >= 11 is 0. The summed E-state index contributed by atoms with van der Waals surface area (Å²) in [6, 6.07) is 3.57. The largest absolute Gasteiger partial charge is 0.388 e. The van der Waals surface area contributed by atoms with Crippen molar-refractivity contribution in [2.75, 3.05) is 6.54 Å². The van der Waals surface area contributed by atoms with Crippen LogP contribution in [0.4, 0.5) is 8.78 Å². The van der Waals surface area contributed by atoms with Gasteiger partial charge >= 0.3 is 0 Å². The molecular formula is C13H19F2NO. The molecule has 0 aliphatic carbocycles. The van der Waals surface area contributed by atoms with Gasteiger partial charge in [0.2, 0.25) is 0 Å². The number of benzene rings is 1. The van der Waals surface area contributed by atoms with E-state index in [1.165, 1.54) is 6.07 Å². The monoisotopic (exact) mass is 243 g/mol. The van der Waals surface area contributed by atoms with Crippen LogP contribution in [0.25, 0.3) is 0 Å². The summed E-state index contributed by atoms with van der Waals surface area (Å²) in [7, 11) is 0. The zero-order valence-corrected chi connectivity index (χ0v) is 10.2. The molecule has 3 N–H and O–H groups in total. The second kappa shape index (κ2) is 6.07. The minimum Gasteiger partial charge on any atom is -0.388 e. The van der Waals surface area contributed by atoms with Crippen LogP contribution in [0.15, 0.2) is 18.2 Å². The van der Waals surface area contributed by atoms with Crippen LogP contribution in [0.5, 0.6) is 0 Å². The average Bonchev–Trinajstić information content (AvgIpc) is 2.25. The Balaban J connectivity index is 2.97. The molecule has 0 amide bonds. The number of aliphatic hydroxyl groups excluding tert-OH is 1. The lowest BCUT2D eigenvalue weighted by Gasteiger charge is -2.24. The third-order valence-corrected chi connectivity index (χ3v) is 2.82. The number of halogens is 2. The molecule has 0 saturated heterocycles. The van der Waals surface area contributed by atoms with Crippen LogP contribution >= 0.6 is 0 Å². The Hall–Kier alpha value is -1.00. The van der Waals surface area contributed by atoms with Crippen LogP contribution in [-0.4, -0.2) is 11.7 Å². The first-order valence-corrected chi connectivity index (χ1v) is 5.79. The maximum Gasteiger partial charge on any atom is 0.131 e. The summed E-state index contributed by atoms with van der Waals surface area (Å²) in [5, 5.41) is 10.0. The molecule has 1 aromatic carbocycles. The molecule has 0 radical (unpaired) electrons. The Labute approximate surface area is 100 Å². The Morgan fingerprint density at radius 2 is 1.76 bits per heavy atom. The molecule has 0 aliphatic rings. The van der Waals surface area contributed by atoms with Crippen molar-refractivity contribution in [1.29, 1.82) is 0 Å². The van der Waals surface area contributed by atoms with E-state index in [2.05, 4.69) is 0 Å². The zero-order valence-electron chi connectivity index (χ0n) is 10.2. The summed E-state index contributed by atoms with van der Waals surface area (Å²) in [5.41, 5.74) is 5.28. The van der Waals surface area contributed by atoms with E-state index in [4.69, 9.17) is 5.73 Å². The lowest BCUT2D eigenvalue weighted by Crippen LogP contribution is -2.25. The topological polar surface area (TPSA) is 46.2 Å². The molecule has 2 unspecified atom stereocenters. The second-order valence-electron chi connectivity index (χ2n) is 4.71. The van der Waals surface area contributed by atoms with Gasteiger partial charge < -0.3 is 10.8 Å².